The summed E-state index contributed by atoms with van der Waals surface area (Å²) in [6, 6.07) is 9.32. The molecule has 3 amide bonds. The summed E-state index contributed by atoms with van der Waals surface area (Å²) in [5, 5.41) is 3.46. The Labute approximate surface area is 215 Å². The lowest BCUT2D eigenvalue weighted by Gasteiger charge is -2.29. The number of nitrogens with one attached hydrogen (secondary N) is 1. The Kier molecular flexibility index (Phi) is 9.18. The summed E-state index contributed by atoms with van der Waals surface area (Å²) in [5.41, 5.74) is 3.88. The number of aryl methyl sites for hydroxylation is 2. The zero-order valence-corrected chi connectivity index (χ0v) is 22.3. The number of anilines is 3. The quantitative estimate of drug-likeness (QED) is 0.548. The second-order valence-corrected chi connectivity index (χ2v) is 10.1. The normalized spacial score (nSPS) is 13.6. The van der Waals surface area contributed by atoms with Gasteiger partial charge < -0.3 is 15.0 Å². The van der Waals surface area contributed by atoms with Crippen LogP contribution in [0.3, 0.4) is 0 Å². The van der Waals surface area contributed by atoms with Crippen LogP contribution in [-0.4, -0.2) is 61.9 Å². The monoisotopic (exact) mass is 518 g/mol. The first kappa shape index (κ1) is 27.0. The summed E-state index contributed by atoms with van der Waals surface area (Å²) in [4.78, 5) is 41.2. The number of benzene rings is 2. The summed E-state index contributed by atoms with van der Waals surface area (Å²) in [6.45, 7) is 9.50. The second-order valence-electron chi connectivity index (χ2n) is 8.49. The number of likely N-dealkylation sites (N-methyl/N-ethyl adjacent to an activating group) is 1. The molecule has 2 aromatic rings. The molecule has 0 spiro atoms. The number of imide groups is 1. The largest absolute Gasteiger partial charge is 0.378 e. The van der Waals surface area contributed by atoms with E-state index in [0.29, 0.717) is 29.6 Å². The van der Waals surface area contributed by atoms with Gasteiger partial charge >= 0.3 is 0 Å². The number of morpholine rings is 1. The van der Waals surface area contributed by atoms with Gasteiger partial charge in [0.15, 0.2) is 0 Å². The van der Waals surface area contributed by atoms with E-state index in [1.165, 1.54) is 30.7 Å². The zero-order valence-electron chi connectivity index (χ0n) is 20.7. The van der Waals surface area contributed by atoms with E-state index in [0.717, 1.165) is 34.8 Å². The van der Waals surface area contributed by atoms with Crippen LogP contribution in [0.15, 0.2) is 35.2 Å². The third-order valence-corrected chi connectivity index (χ3v) is 6.72. The molecule has 1 aliphatic heterocycles. The summed E-state index contributed by atoms with van der Waals surface area (Å²) in [7, 11) is 1.78. The van der Waals surface area contributed by atoms with Gasteiger partial charge in [-0.1, -0.05) is 17.7 Å². The molecule has 1 N–H and O–H groups in total. The maximum Gasteiger partial charge on any atom is 0.239 e. The van der Waals surface area contributed by atoms with Gasteiger partial charge in [0.1, 0.15) is 0 Å². The van der Waals surface area contributed by atoms with Crippen molar-refractivity contribution in [2.75, 3.05) is 55.0 Å². The molecule has 2 aromatic carbocycles. The molecule has 8 nitrogen and oxygen atoms in total. The van der Waals surface area contributed by atoms with Crippen molar-refractivity contribution in [3.05, 3.63) is 46.5 Å². The fourth-order valence-corrected chi connectivity index (χ4v) is 5.46. The molecular weight excluding hydrogens is 488 g/mol. The molecule has 0 aliphatic carbocycles. The second kappa shape index (κ2) is 11.9. The molecule has 0 aromatic heterocycles. The Morgan fingerprint density at radius 2 is 1.74 bits per heavy atom. The van der Waals surface area contributed by atoms with Crippen molar-refractivity contribution in [2.45, 2.75) is 32.6 Å². The summed E-state index contributed by atoms with van der Waals surface area (Å²) in [6.07, 6.45) is 0. The number of nitrogens with zero attached hydrogens (tertiary/aromatic N) is 3. The van der Waals surface area contributed by atoms with Crippen LogP contribution in [-0.2, 0) is 19.1 Å². The zero-order chi connectivity index (χ0) is 25.7. The van der Waals surface area contributed by atoms with Gasteiger partial charge in [-0.2, -0.15) is 0 Å². The summed E-state index contributed by atoms with van der Waals surface area (Å²) in [5.74, 6) is -0.927. The first-order valence-corrected chi connectivity index (χ1v) is 12.5. The van der Waals surface area contributed by atoms with Gasteiger partial charge in [0, 0.05) is 37.5 Å². The van der Waals surface area contributed by atoms with Crippen molar-refractivity contribution in [3.8, 4) is 0 Å². The van der Waals surface area contributed by atoms with Gasteiger partial charge in [-0.25, -0.2) is 9.21 Å². The lowest BCUT2D eigenvalue weighted by Crippen LogP contribution is -2.36. The van der Waals surface area contributed by atoms with Gasteiger partial charge in [-0.05, 0) is 68.2 Å². The first-order valence-electron chi connectivity index (χ1n) is 11.3. The summed E-state index contributed by atoms with van der Waals surface area (Å²) >= 11 is 7.79. The molecule has 188 valence electrons. The van der Waals surface area contributed by atoms with Crippen LogP contribution in [0.4, 0.5) is 17.1 Å². The van der Waals surface area contributed by atoms with Crippen molar-refractivity contribution in [1.82, 2.24) is 4.31 Å². The number of rotatable bonds is 7. The number of hydrogen-bond acceptors (Lipinski definition) is 7. The van der Waals surface area contributed by atoms with Crippen molar-refractivity contribution < 1.29 is 19.1 Å². The topological polar surface area (TPSA) is 82.2 Å². The van der Waals surface area contributed by atoms with E-state index < -0.39 is 0 Å². The maximum atomic E-state index is 12.7. The van der Waals surface area contributed by atoms with Gasteiger partial charge in [-0.3, -0.25) is 14.4 Å². The average Bonchev–Trinajstić information content (AvgIpc) is 2.76. The number of carbonyl (C=O) groups excluding carboxylic acids is 3. The molecule has 1 heterocycles. The lowest BCUT2D eigenvalue weighted by molar-refractivity contribution is -0.124. The van der Waals surface area contributed by atoms with E-state index in [9.17, 15) is 14.4 Å². The Balaban J connectivity index is 1.69. The number of halogens is 1. The van der Waals surface area contributed by atoms with E-state index in [1.807, 2.05) is 38.1 Å². The third-order valence-electron chi connectivity index (χ3n) is 5.47. The Hall–Kier alpha value is -2.59. The minimum absolute atomic E-state index is 0.0834. The smallest absolute Gasteiger partial charge is 0.239 e. The fourth-order valence-electron chi connectivity index (χ4n) is 4.06. The Morgan fingerprint density at radius 3 is 2.34 bits per heavy atom. The van der Waals surface area contributed by atoms with Crippen LogP contribution >= 0.6 is 23.5 Å². The number of amides is 3. The lowest BCUT2D eigenvalue weighted by atomic mass is 10.1. The molecule has 0 saturated carbocycles. The molecule has 10 heteroatoms. The van der Waals surface area contributed by atoms with E-state index in [2.05, 4.69) is 10.2 Å². The molecular formula is C25H31ClN4O4S. The predicted molar refractivity (Wildman–Crippen MR) is 141 cm³/mol. The van der Waals surface area contributed by atoms with E-state index in [1.54, 1.807) is 17.4 Å². The van der Waals surface area contributed by atoms with Crippen molar-refractivity contribution in [3.63, 3.8) is 0 Å². The van der Waals surface area contributed by atoms with Crippen LogP contribution < -0.4 is 15.1 Å². The molecule has 1 saturated heterocycles. The molecule has 1 aliphatic rings. The van der Waals surface area contributed by atoms with Gasteiger partial charge in [0.05, 0.1) is 36.2 Å². The highest BCUT2D eigenvalue weighted by Crippen LogP contribution is 2.36. The molecule has 0 radical (unpaired) electrons. The minimum Gasteiger partial charge on any atom is -0.378 e. The number of ether oxygens (including phenoxy) is 1. The fraction of sp³-hybridized carbons (Fsp3) is 0.400. The first-order chi connectivity index (χ1) is 16.6. The Morgan fingerprint density at radius 1 is 1.09 bits per heavy atom. The average molecular weight is 519 g/mol. The van der Waals surface area contributed by atoms with E-state index >= 15 is 0 Å². The van der Waals surface area contributed by atoms with Crippen molar-refractivity contribution in [1.29, 1.82) is 0 Å². The van der Waals surface area contributed by atoms with E-state index in [4.69, 9.17) is 16.3 Å². The maximum absolute atomic E-state index is 12.7. The van der Waals surface area contributed by atoms with Gasteiger partial charge in [0.2, 0.25) is 17.7 Å². The highest BCUT2D eigenvalue weighted by Gasteiger charge is 2.24. The summed E-state index contributed by atoms with van der Waals surface area (Å²) < 4.78 is 7.15. The van der Waals surface area contributed by atoms with Gasteiger partial charge in [-0.15, -0.1) is 0 Å². The third kappa shape index (κ3) is 6.98. The van der Waals surface area contributed by atoms with Gasteiger partial charge in [0.25, 0.3) is 0 Å². The number of hydrogen-bond donors (Lipinski definition) is 1. The Bertz CT molecular complexity index is 1110. The van der Waals surface area contributed by atoms with Crippen molar-refractivity contribution in [2.24, 2.45) is 0 Å². The predicted octanol–water partition coefficient (Wildman–Crippen LogP) is 4.27. The van der Waals surface area contributed by atoms with Crippen molar-refractivity contribution >= 4 is 58.3 Å². The number of carbonyl (C=O) groups is 3. The van der Waals surface area contributed by atoms with Crippen LogP contribution in [0.5, 0.6) is 0 Å². The molecule has 3 rings (SSSR count). The van der Waals surface area contributed by atoms with Crippen LogP contribution in [0.25, 0.3) is 0 Å². The van der Waals surface area contributed by atoms with Crippen LogP contribution in [0, 0.1) is 13.8 Å². The highest BCUT2D eigenvalue weighted by molar-refractivity contribution is 7.97. The van der Waals surface area contributed by atoms with E-state index in [-0.39, 0.29) is 24.3 Å². The molecule has 0 atom stereocenters. The van der Waals surface area contributed by atoms with Crippen LogP contribution in [0.1, 0.15) is 25.0 Å². The molecule has 0 unspecified atom stereocenters. The minimum atomic E-state index is -0.357. The molecule has 0 bridgehead atoms. The standard InChI is InChI=1S/C25H31ClN4O4S/c1-16-12-17(2)25(30(18(3)31)19(4)32)23(13-16)35-28(5)15-24(33)27-20-6-7-22(21(26)14-20)29-8-10-34-11-9-29/h6-7,12-14H,8-11,15H2,1-5H3,(H,27,33). The SMILES string of the molecule is CC(=O)N(C(C)=O)c1c(C)cc(C)cc1SN(C)CC(=O)Nc1ccc(N2CCOCC2)c(Cl)c1. The highest BCUT2D eigenvalue weighted by atomic mass is 35.5. The molecule has 35 heavy (non-hydrogen) atoms. The van der Waals surface area contributed by atoms with Crippen LogP contribution in [0.2, 0.25) is 5.02 Å². The molecule has 1 fully saturated rings.